The van der Waals surface area contributed by atoms with Gasteiger partial charge in [-0.1, -0.05) is 51.4 Å². The second kappa shape index (κ2) is 14.7. The van der Waals surface area contributed by atoms with Crippen molar-refractivity contribution in [2.24, 2.45) is 0 Å². The van der Waals surface area contributed by atoms with Gasteiger partial charge in [0.15, 0.2) is 0 Å². The van der Waals surface area contributed by atoms with E-state index in [0.29, 0.717) is 12.8 Å². The smallest absolute Gasteiger partial charge is 0.311 e. The van der Waals surface area contributed by atoms with Crippen LogP contribution in [0.5, 0.6) is 34.5 Å². The highest BCUT2D eigenvalue weighted by Gasteiger charge is 2.08. The van der Waals surface area contributed by atoms with Crippen LogP contribution < -0.4 is 9.47 Å². The molecule has 0 unspecified atom stereocenters. The number of phenolic OH excluding ortho intramolecular Hbond substituents is 4. The fraction of sp³-hybridized carbons (Fsp3) is 0.462. The zero-order valence-electron chi connectivity index (χ0n) is 19.4. The molecule has 2 aromatic carbocycles. The van der Waals surface area contributed by atoms with Crippen LogP contribution in [0.1, 0.15) is 77.0 Å². The fourth-order valence-corrected chi connectivity index (χ4v) is 3.57. The summed E-state index contributed by atoms with van der Waals surface area (Å²) in [5, 5.41) is 37.5. The van der Waals surface area contributed by atoms with Crippen LogP contribution in [0.4, 0.5) is 0 Å². The summed E-state index contributed by atoms with van der Waals surface area (Å²) in [4.78, 5) is 23.6. The second-order valence-electron chi connectivity index (χ2n) is 8.35. The Morgan fingerprint density at radius 2 is 0.735 bits per heavy atom. The standard InChI is InChI=1S/C26H34O8/c27-19-13-20(28)16-23(15-19)33-25(31)11-9-7-5-3-1-2-4-6-8-10-12-26(32)34-24-17-21(29)14-22(30)18-24/h13-18,27-30H,1-12H2. The largest absolute Gasteiger partial charge is 0.508 e. The lowest BCUT2D eigenvalue weighted by Crippen LogP contribution is -2.07. The van der Waals surface area contributed by atoms with Crippen LogP contribution in [0, 0.1) is 0 Å². The Morgan fingerprint density at radius 1 is 0.471 bits per heavy atom. The summed E-state index contributed by atoms with van der Waals surface area (Å²) in [5.41, 5.74) is 0. The molecule has 8 heteroatoms. The van der Waals surface area contributed by atoms with Crippen molar-refractivity contribution in [3.05, 3.63) is 36.4 Å². The number of carbonyl (C=O) groups excluding carboxylic acids is 2. The quantitative estimate of drug-likeness (QED) is 0.147. The van der Waals surface area contributed by atoms with Crippen molar-refractivity contribution in [2.75, 3.05) is 0 Å². The molecule has 2 aromatic rings. The SMILES string of the molecule is O=C(CCCCCCCCCCCCC(=O)Oc1cc(O)cc(O)c1)Oc1cc(O)cc(O)c1. The van der Waals surface area contributed by atoms with Gasteiger partial charge in [0.05, 0.1) is 0 Å². The molecule has 4 N–H and O–H groups in total. The molecule has 0 amide bonds. The van der Waals surface area contributed by atoms with Crippen LogP contribution in [-0.4, -0.2) is 32.4 Å². The van der Waals surface area contributed by atoms with E-state index < -0.39 is 0 Å². The van der Waals surface area contributed by atoms with Gasteiger partial charge in [-0.05, 0) is 12.8 Å². The number of hydrogen-bond acceptors (Lipinski definition) is 8. The number of carbonyl (C=O) groups is 2. The zero-order valence-corrected chi connectivity index (χ0v) is 19.4. The third kappa shape index (κ3) is 11.4. The van der Waals surface area contributed by atoms with E-state index in [-0.39, 0.29) is 46.4 Å². The first-order valence-corrected chi connectivity index (χ1v) is 11.8. The van der Waals surface area contributed by atoms with Crippen LogP contribution in [0.2, 0.25) is 0 Å². The lowest BCUT2D eigenvalue weighted by molar-refractivity contribution is -0.135. The Balaban J connectivity index is 1.40. The van der Waals surface area contributed by atoms with Crippen molar-refractivity contribution in [3.63, 3.8) is 0 Å². The number of unbranched alkanes of at least 4 members (excludes halogenated alkanes) is 9. The lowest BCUT2D eigenvalue weighted by atomic mass is 10.1. The summed E-state index contributed by atoms with van der Waals surface area (Å²) in [6.07, 6.45) is 10.6. The summed E-state index contributed by atoms with van der Waals surface area (Å²) < 4.78 is 10.2. The molecule has 0 aliphatic heterocycles. The van der Waals surface area contributed by atoms with Crippen molar-refractivity contribution < 1.29 is 39.5 Å². The molecular formula is C26H34O8. The summed E-state index contributed by atoms with van der Waals surface area (Å²) >= 11 is 0. The maximum absolute atomic E-state index is 11.8. The minimum atomic E-state index is -0.381. The van der Waals surface area contributed by atoms with Crippen molar-refractivity contribution >= 4 is 11.9 Å². The van der Waals surface area contributed by atoms with E-state index >= 15 is 0 Å². The number of ether oxygens (including phenoxy) is 2. The van der Waals surface area contributed by atoms with Gasteiger partial charge in [0.25, 0.3) is 0 Å². The van der Waals surface area contributed by atoms with Crippen molar-refractivity contribution in [1.29, 1.82) is 0 Å². The molecule has 0 bridgehead atoms. The van der Waals surface area contributed by atoms with Crippen molar-refractivity contribution in [3.8, 4) is 34.5 Å². The fourth-order valence-electron chi connectivity index (χ4n) is 3.57. The molecule has 0 atom stereocenters. The molecular weight excluding hydrogens is 440 g/mol. The molecule has 0 aliphatic carbocycles. The number of rotatable bonds is 15. The van der Waals surface area contributed by atoms with Crippen LogP contribution in [0.25, 0.3) is 0 Å². The van der Waals surface area contributed by atoms with E-state index in [9.17, 15) is 30.0 Å². The minimum absolute atomic E-state index is 0.135. The molecule has 2 rings (SSSR count). The first-order chi connectivity index (χ1) is 16.3. The van der Waals surface area contributed by atoms with Crippen LogP contribution in [-0.2, 0) is 9.59 Å². The average molecular weight is 475 g/mol. The van der Waals surface area contributed by atoms with Crippen molar-refractivity contribution in [2.45, 2.75) is 77.0 Å². The molecule has 186 valence electrons. The van der Waals surface area contributed by atoms with E-state index in [4.69, 9.17) is 9.47 Å². The predicted octanol–water partition coefficient (Wildman–Crippen LogP) is 5.70. The second-order valence-corrected chi connectivity index (χ2v) is 8.35. The van der Waals surface area contributed by atoms with Gasteiger partial charge in [0.1, 0.15) is 34.5 Å². The number of aromatic hydroxyl groups is 4. The van der Waals surface area contributed by atoms with E-state index in [0.717, 1.165) is 64.2 Å². The van der Waals surface area contributed by atoms with Crippen LogP contribution >= 0.6 is 0 Å². The third-order valence-corrected chi connectivity index (χ3v) is 5.23. The first kappa shape index (κ1) is 26.8. The molecule has 0 spiro atoms. The highest BCUT2D eigenvalue weighted by molar-refractivity contribution is 5.73. The molecule has 0 fully saturated rings. The summed E-state index contributed by atoms with van der Waals surface area (Å²) in [7, 11) is 0. The maximum atomic E-state index is 11.8. The first-order valence-electron chi connectivity index (χ1n) is 11.8. The normalized spacial score (nSPS) is 10.7. The van der Waals surface area contributed by atoms with E-state index in [1.165, 1.54) is 36.4 Å². The van der Waals surface area contributed by atoms with E-state index in [1.807, 2.05) is 0 Å². The Morgan fingerprint density at radius 3 is 1.03 bits per heavy atom. The number of esters is 2. The predicted molar refractivity (Wildman–Crippen MR) is 126 cm³/mol. The molecule has 0 saturated heterocycles. The summed E-state index contributed by atoms with van der Waals surface area (Å²) in [5.74, 6) is -1.11. The highest BCUT2D eigenvalue weighted by atomic mass is 16.5. The van der Waals surface area contributed by atoms with Gasteiger partial charge in [0, 0.05) is 49.2 Å². The monoisotopic (exact) mass is 474 g/mol. The van der Waals surface area contributed by atoms with Gasteiger partial charge in [-0.15, -0.1) is 0 Å². The number of hydrogen-bond donors (Lipinski definition) is 4. The molecule has 0 heterocycles. The van der Waals surface area contributed by atoms with Gasteiger partial charge in [-0.3, -0.25) is 9.59 Å². The van der Waals surface area contributed by atoms with Gasteiger partial charge < -0.3 is 29.9 Å². The molecule has 0 aromatic heterocycles. The molecule has 34 heavy (non-hydrogen) atoms. The minimum Gasteiger partial charge on any atom is -0.508 e. The van der Waals surface area contributed by atoms with Gasteiger partial charge in [-0.25, -0.2) is 0 Å². The zero-order chi connectivity index (χ0) is 24.8. The molecule has 0 saturated carbocycles. The summed E-state index contributed by atoms with van der Waals surface area (Å²) in [6, 6.07) is 7.48. The summed E-state index contributed by atoms with van der Waals surface area (Å²) in [6.45, 7) is 0. The van der Waals surface area contributed by atoms with E-state index in [1.54, 1.807) is 0 Å². The van der Waals surface area contributed by atoms with Gasteiger partial charge in [-0.2, -0.15) is 0 Å². The Bertz CT molecular complexity index is 809. The number of phenols is 4. The highest BCUT2D eigenvalue weighted by Crippen LogP contribution is 2.27. The van der Waals surface area contributed by atoms with E-state index in [2.05, 4.69) is 0 Å². The lowest BCUT2D eigenvalue weighted by Gasteiger charge is -2.06. The molecule has 8 nitrogen and oxygen atoms in total. The molecule has 0 radical (unpaired) electrons. The van der Waals surface area contributed by atoms with Crippen LogP contribution in [0.15, 0.2) is 36.4 Å². The Hall–Kier alpha value is -3.42. The average Bonchev–Trinajstić information content (AvgIpc) is 2.73. The van der Waals surface area contributed by atoms with Gasteiger partial charge in [0.2, 0.25) is 0 Å². The van der Waals surface area contributed by atoms with Crippen LogP contribution in [0.3, 0.4) is 0 Å². The van der Waals surface area contributed by atoms with Crippen molar-refractivity contribution in [1.82, 2.24) is 0 Å². The maximum Gasteiger partial charge on any atom is 0.311 e. The number of benzene rings is 2. The Labute approximate surface area is 199 Å². The third-order valence-electron chi connectivity index (χ3n) is 5.23. The Kier molecular flexibility index (Phi) is 11.6. The molecule has 0 aliphatic rings. The topological polar surface area (TPSA) is 134 Å². The van der Waals surface area contributed by atoms with Gasteiger partial charge >= 0.3 is 11.9 Å².